The smallest absolute Gasteiger partial charge is 0.282 e. The zero-order valence-electron chi connectivity index (χ0n) is 8.34. The molecule has 1 heterocycles. The highest BCUT2D eigenvalue weighted by atomic mass is 35.7. The fourth-order valence-electron chi connectivity index (χ4n) is 1.35. The second-order valence-corrected chi connectivity index (χ2v) is 5.65. The number of hydrogen-bond donors (Lipinski definition) is 0. The Bertz CT molecular complexity index is 604. The fraction of sp³-hybridized carbons (Fsp3) is 0.100. The molecule has 1 aromatic heterocycles. The summed E-state index contributed by atoms with van der Waals surface area (Å²) in [6.45, 7) is 1.57. The van der Waals surface area contributed by atoms with E-state index >= 15 is 0 Å². The van der Waals surface area contributed by atoms with Gasteiger partial charge in [0.15, 0.2) is 11.7 Å². The average molecular weight is 258 g/mol. The Labute approximate surface area is 97.3 Å². The maximum atomic E-state index is 11.3. The minimum absolute atomic E-state index is 0.174. The van der Waals surface area contributed by atoms with Gasteiger partial charge in [0.05, 0.1) is 0 Å². The van der Waals surface area contributed by atoms with E-state index in [4.69, 9.17) is 15.1 Å². The molecular weight excluding hydrogens is 250 g/mol. The first-order valence-corrected chi connectivity index (χ1v) is 6.77. The van der Waals surface area contributed by atoms with Crippen LogP contribution in [-0.2, 0) is 9.05 Å². The van der Waals surface area contributed by atoms with Crippen molar-refractivity contribution in [2.45, 2.75) is 11.9 Å². The van der Waals surface area contributed by atoms with Crippen molar-refractivity contribution in [3.05, 3.63) is 36.2 Å². The molecule has 0 aliphatic heterocycles. The van der Waals surface area contributed by atoms with Gasteiger partial charge in [0.1, 0.15) is 0 Å². The van der Waals surface area contributed by atoms with Crippen LogP contribution in [0.1, 0.15) is 5.89 Å². The van der Waals surface area contributed by atoms with Crippen molar-refractivity contribution in [1.29, 1.82) is 0 Å². The molecule has 84 valence electrons. The van der Waals surface area contributed by atoms with Gasteiger partial charge in [0, 0.05) is 23.2 Å². The topological polar surface area (TPSA) is 60.2 Å². The van der Waals surface area contributed by atoms with Crippen LogP contribution >= 0.6 is 10.7 Å². The zero-order chi connectivity index (χ0) is 11.8. The summed E-state index contributed by atoms with van der Waals surface area (Å²) < 4.78 is 27.8. The molecule has 0 atom stereocenters. The monoisotopic (exact) mass is 257 g/mol. The van der Waals surface area contributed by atoms with Gasteiger partial charge < -0.3 is 4.42 Å². The van der Waals surface area contributed by atoms with Crippen LogP contribution in [0.3, 0.4) is 0 Å². The van der Waals surface area contributed by atoms with E-state index in [9.17, 15) is 8.42 Å². The van der Waals surface area contributed by atoms with Crippen LogP contribution in [0.4, 0.5) is 0 Å². The van der Waals surface area contributed by atoms with Gasteiger partial charge in [-0.2, -0.15) is 0 Å². The summed E-state index contributed by atoms with van der Waals surface area (Å²) in [7, 11) is 1.38. The highest BCUT2D eigenvalue weighted by Crippen LogP contribution is 2.29. The Morgan fingerprint density at radius 2 is 1.88 bits per heavy atom. The summed E-state index contributed by atoms with van der Waals surface area (Å²) in [5.74, 6) is 0.436. The van der Waals surface area contributed by atoms with Crippen molar-refractivity contribution < 1.29 is 12.8 Å². The lowest BCUT2D eigenvalue weighted by atomic mass is 10.2. The number of aromatic nitrogens is 1. The Hall–Kier alpha value is -1.33. The van der Waals surface area contributed by atoms with E-state index in [-0.39, 0.29) is 16.7 Å². The number of oxazole rings is 1. The molecule has 1 aromatic carbocycles. The normalized spacial score (nSPS) is 11.6. The summed E-state index contributed by atoms with van der Waals surface area (Å²) in [5, 5.41) is -0.238. The number of rotatable bonds is 2. The molecule has 0 saturated heterocycles. The molecule has 0 N–H and O–H groups in total. The minimum Gasteiger partial charge on any atom is -0.440 e. The van der Waals surface area contributed by atoms with Gasteiger partial charge in [-0.05, 0) is 0 Å². The summed E-state index contributed by atoms with van der Waals surface area (Å²) in [6.07, 6.45) is 0. The van der Waals surface area contributed by atoms with Gasteiger partial charge in [-0.15, -0.1) is 0 Å². The van der Waals surface area contributed by atoms with E-state index in [2.05, 4.69) is 4.98 Å². The van der Waals surface area contributed by atoms with Crippen molar-refractivity contribution in [1.82, 2.24) is 4.98 Å². The maximum Gasteiger partial charge on any atom is 0.282 e. The molecular formula is C10H8ClNO3S. The van der Waals surface area contributed by atoms with E-state index in [1.807, 2.05) is 6.07 Å². The molecule has 0 bridgehead atoms. The number of halogens is 1. The third kappa shape index (κ3) is 2.10. The lowest BCUT2D eigenvalue weighted by Gasteiger charge is -1.97. The third-order valence-electron chi connectivity index (χ3n) is 1.97. The largest absolute Gasteiger partial charge is 0.440 e. The molecule has 0 saturated carbocycles. The molecule has 0 aliphatic rings. The molecule has 0 spiro atoms. The highest BCUT2D eigenvalue weighted by molar-refractivity contribution is 8.13. The lowest BCUT2D eigenvalue weighted by Crippen LogP contribution is -1.93. The van der Waals surface area contributed by atoms with E-state index in [0.29, 0.717) is 5.56 Å². The predicted molar refractivity (Wildman–Crippen MR) is 59.7 cm³/mol. The first-order valence-electron chi connectivity index (χ1n) is 4.46. The Kier molecular flexibility index (Phi) is 2.73. The fourth-order valence-corrected chi connectivity index (χ4v) is 2.28. The highest BCUT2D eigenvalue weighted by Gasteiger charge is 2.23. The van der Waals surface area contributed by atoms with Crippen molar-refractivity contribution in [2.75, 3.05) is 0 Å². The van der Waals surface area contributed by atoms with E-state index in [1.165, 1.54) is 0 Å². The Balaban J connectivity index is 2.67. The van der Waals surface area contributed by atoms with Crippen molar-refractivity contribution in [3.63, 3.8) is 0 Å². The van der Waals surface area contributed by atoms with Gasteiger partial charge >= 0.3 is 0 Å². The van der Waals surface area contributed by atoms with Crippen LogP contribution in [0, 0.1) is 6.92 Å². The quantitative estimate of drug-likeness (QED) is 0.776. The SMILES string of the molecule is Cc1nc(S(=O)(=O)Cl)c(-c2ccccc2)o1. The van der Waals surface area contributed by atoms with Crippen LogP contribution in [0.15, 0.2) is 39.8 Å². The lowest BCUT2D eigenvalue weighted by molar-refractivity contribution is 0.533. The van der Waals surface area contributed by atoms with Gasteiger partial charge in [-0.3, -0.25) is 0 Å². The molecule has 0 radical (unpaired) electrons. The summed E-state index contributed by atoms with van der Waals surface area (Å²) in [5.41, 5.74) is 0.627. The zero-order valence-corrected chi connectivity index (χ0v) is 9.92. The van der Waals surface area contributed by atoms with E-state index < -0.39 is 9.05 Å². The molecule has 4 nitrogen and oxygen atoms in total. The minimum atomic E-state index is -3.89. The molecule has 16 heavy (non-hydrogen) atoms. The van der Waals surface area contributed by atoms with Crippen LogP contribution in [0.2, 0.25) is 0 Å². The van der Waals surface area contributed by atoms with Crippen molar-refractivity contribution in [3.8, 4) is 11.3 Å². The number of hydrogen-bond acceptors (Lipinski definition) is 4. The van der Waals surface area contributed by atoms with Gasteiger partial charge in [0.25, 0.3) is 9.05 Å². The second kappa shape index (κ2) is 3.92. The average Bonchev–Trinajstić information content (AvgIpc) is 2.61. The number of benzene rings is 1. The van der Waals surface area contributed by atoms with Crippen LogP contribution in [0.25, 0.3) is 11.3 Å². The first-order chi connectivity index (χ1) is 7.48. The molecule has 0 unspecified atom stereocenters. The second-order valence-electron chi connectivity index (χ2n) is 3.17. The first kappa shape index (κ1) is 11.2. The maximum absolute atomic E-state index is 11.3. The van der Waals surface area contributed by atoms with Gasteiger partial charge in [-0.1, -0.05) is 30.3 Å². The van der Waals surface area contributed by atoms with Gasteiger partial charge in [-0.25, -0.2) is 13.4 Å². The van der Waals surface area contributed by atoms with E-state index in [0.717, 1.165) is 0 Å². The molecule has 0 aliphatic carbocycles. The van der Waals surface area contributed by atoms with Gasteiger partial charge in [0.2, 0.25) is 5.03 Å². The van der Waals surface area contributed by atoms with Crippen LogP contribution in [-0.4, -0.2) is 13.4 Å². The molecule has 6 heteroatoms. The molecule has 2 rings (SSSR count). The molecule has 0 amide bonds. The van der Waals surface area contributed by atoms with E-state index in [1.54, 1.807) is 31.2 Å². The summed E-state index contributed by atoms with van der Waals surface area (Å²) in [4.78, 5) is 3.77. The number of nitrogens with zero attached hydrogens (tertiary/aromatic N) is 1. The van der Waals surface area contributed by atoms with Crippen molar-refractivity contribution in [2.24, 2.45) is 0 Å². The standard InChI is InChI=1S/C10H8ClNO3S/c1-7-12-10(16(11,13)14)9(15-7)8-5-3-2-4-6-8/h2-6H,1H3. The predicted octanol–water partition coefficient (Wildman–Crippen LogP) is 2.58. The molecule has 2 aromatic rings. The summed E-state index contributed by atoms with van der Waals surface area (Å²) in [6, 6.07) is 8.83. The van der Waals surface area contributed by atoms with Crippen molar-refractivity contribution >= 4 is 19.7 Å². The number of aryl methyl sites for hydroxylation is 1. The third-order valence-corrected chi connectivity index (χ3v) is 3.15. The van der Waals surface area contributed by atoms with Crippen LogP contribution < -0.4 is 0 Å². The Morgan fingerprint density at radius 3 is 2.44 bits per heavy atom. The summed E-state index contributed by atoms with van der Waals surface area (Å²) >= 11 is 0. The Morgan fingerprint density at radius 1 is 1.25 bits per heavy atom. The van der Waals surface area contributed by atoms with Crippen LogP contribution in [0.5, 0.6) is 0 Å². The molecule has 0 fully saturated rings.